The molecule has 0 amide bonds. The molecule has 3 atom stereocenters. The van der Waals surface area contributed by atoms with E-state index in [0.29, 0.717) is 18.9 Å². The van der Waals surface area contributed by atoms with Gasteiger partial charge in [-0.15, -0.1) is 0 Å². The van der Waals surface area contributed by atoms with Crippen molar-refractivity contribution in [3.63, 3.8) is 0 Å². The van der Waals surface area contributed by atoms with Gasteiger partial charge in [-0.25, -0.2) is 0 Å². The molecule has 2 saturated heterocycles. The van der Waals surface area contributed by atoms with Crippen LogP contribution in [0.25, 0.3) is 0 Å². The fourth-order valence-corrected chi connectivity index (χ4v) is 3.39. The van der Waals surface area contributed by atoms with Crippen LogP contribution in [-0.4, -0.2) is 30.8 Å². The molecule has 2 N–H and O–H groups in total. The first-order valence-electron chi connectivity index (χ1n) is 6.98. The first-order valence-corrected chi connectivity index (χ1v) is 7.36. The number of hydrogen-bond acceptors (Lipinski definition) is 3. The van der Waals surface area contributed by atoms with Crippen LogP contribution in [0.4, 0.5) is 0 Å². The molecule has 0 saturated carbocycles. The molecule has 3 unspecified atom stereocenters. The molecule has 20 heavy (non-hydrogen) atoms. The van der Waals surface area contributed by atoms with E-state index in [1.54, 1.807) is 0 Å². The van der Waals surface area contributed by atoms with Crippen molar-refractivity contribution in [2.24, 2.45) is 5.92 Å². The second kappa shape index (κ2) is 5.72. The number of rotatable bonds is 3. The van der Waals surface area contributed by atoms with Gasteiger partial charge in [0.25, 0.3) is 0 Å². The van der Waals surface area contributed by atoms with Crippen LogP contribution in [0.2, 0.25) is 5.02 Å². The summed E-state index contributed by atoms with van der Waals surface area (Å²) in [5, 5.41) is 13.1. The summed E-state index contributed by atoms with van der Waals surface area (Å²) in [6.07, 6.45) is 1.64. The first-order chi connectivity index (χ1) is 9.65. The summed E-state index contributed by atoms with van der Waals surface area (Å²) in [7, 11) is 0. The maximum absolute atomic E-state index is 11.0. The molecule has 4 nitrogen and oxygen atoms in total. The topological polar surface area (TPSA) is 58.6 Å². The first kappa shape index (κ1) is 13.9. The zero-order valence-corrected chi connectivity index (χ0v) is 11.9. The third-order valence-electron chi connectivity index (χ3n) is 4.28. The molecule has 5 heteroatoms. The highest BCUT2D eigenvalue weighted by atomic mass is 35.5. The van der Waals surface area contributed by atoms with Gasteiger partial charge >= 0.3 is 5.97 Å². The Morgan fingerprint density at radius 3 is 2.90 bits per heavy atom. The van der Waals surface area contributed by atoms with Crippen LogP contribution in [-0.2, 0) is 9.53 Å². The Morgan fingerprint density at radius 1 is 1.45 bits per heavy atom. The van der Waals surface area contributed by atoms with E-state index in [9.17, 15) is 4.79 Å². The number of aliphatic carboxylic acids is 1. The smallest absolute Gasteiger partial charge is 0.307 e. The molecule has 0 aromatic heterocycles. The summed E-state index contributed by atoms with van der Waals surface area (Å²) in [4.78, 5) is 11.0. The van der Waals surface area contributed by atoms with Crippen LogP contribution in [0.1, 0.15) is 35.9 Å². The minimum atomic E-state index is -0.731. The van der Waals surface area contributed by atoms with E-state index < -0.39 is 5.97 Å². The molecule has 0 spiro atoms. The van der Waals surface area contributed by atoms with Crippen LogP contribution in [0.15, 0.2) is 18.2 Å². The molecule has 2 aliphatic heterocycles. The molecule has 1 aromatic carbocycles. The third kappa shape index (κ3) is 2.68. The van der Waals surface area contributed by atoms with Gasteiger partial charge in [0.2, 0.25) is 0 Å². The van der Waals surface area contributed by atoms with Crippen LogP contribution >= 0.6 is 11.6 Å². The number of carbonyl (C=O) groups is 1. The molecule has 0 radical (unpaired) electrons. The van der Waals surface area contributed by atoms with Crippen LogP contribution in [0.3, 0.4) is 0 Å². The number of ether oxygens (including phenoxy) is 1. The van der Waals surface area contributed by atoms with Crippen LogP contribution < -0.4 is 5.32 Å². The van der Waals surface area contributed by atoms with E-state index in [4.69, 9.17) is 21.4 Å². The lowest BCUT2D eigenvalue weighted by atomic mass is 9.94. The van der Waals surface area contributed by atoms with Gasteiger partial charge in [0.1, 0.15) is 0 Å². The van der Waals surface area contributed by atoms with Gasteiger partial charge in [0.15, 0.2) is 0 Å². The monoisotopic (exact) mass is 295 g/mol. The second-order valence-electron chi connectivity index (χ2n) is 5.57. The van der Waals surface area contributed by atoms with Crippen molar-refractivity contribution in [1.82, 2.24) is 5.32 Å². The minimum Gasteiger partial charge on any atom is -0.481 e. The summed E-state index contributed by atoms with van der Waals surface area (Å²) >= 11 is 6.39. The summed E-state index contributed by atoms with van der Waals surface area (Å²) in [5.74, 6) is -0.646. The van der Waals surface area contributed by atoms with Gasteiger partial charge < -0.3 is 15.2 Å². The van der Waals surface area contributed by atoms with Crippen molar-refractivity contribution in [2.45, 2.75) is 24.8 Å². The maximum Gasteiger partial charge on any atom is 0.307 e. The fourth-order valence-electron chi connectivity index (χ4n) is 3.05. The van der Waals surface area contributed by atoms with Crippen molar-refractivity contribution in [1.29, 1.82) is 0 Å². The normalized spacial score (nSPS) is 29.8. The van der Waals surface area contributed by atoms with Gasteiger partial charge in [-0.1, -0.05) is 23.7 Å². The lowest BCUT2D eigenvalue weighted by Crippen LogP contribution is -2.17. The highest BCUT2D eigenvalue weighted by molar-refractivity contribution is 6.31. The van der Waals surface area contributed by atoms with Crippen molar-refractivity contribution >= 4 is 17.6 Å². The van der Waals surface area contributed by atoms with Gasteiger partial charge in [0, 0.05) is 30.1 Å². The highest BCUT2D eigenvalue weighted by Gasteiger charge is 2.30. The number of nitrogens with one attached hydrogen (secondary N) is 1. The van der Waals surface area contributed by atoms with Crippen molar-refractivity contribution in [2.75, 3.05) is 19.8 Å². The SMILES string of the molecule is O=C(O)C1CNC(c2ccc(C3CCOC3)c(Cl)c2)C1. The Kier molecular flexibility index (Phi) is 3.96. The minimum absolute atomic E-state index is 0.0856. The highest BCUT2D eigenvalue weighted by Crippen LogP contribution is 2.34. The molecule has 2 fully saturated rings. The number of benzene rings is 1. The zero-order valence-electron chi connectivity index (χ0n) is 11.1. The lowest BCUT2D eigenvalue weighted by molar-refractivity contribution is -0.141. The predicted octanol–water partition coefficient (Wildman–Crippen LogP) is 2.58. The molecule has 0 bridgehead atoms. The maximum atomic E-state index is 11.0. The summed E-state index contributed by atoms with van der Waals surface area (Å²) in [6, 6.07) is 6.17. The standard InChI is InChI=1S/C15H18ClNO3/c16-13-5-9(14-6-11(7-17-14)15(18)19)1-2-12(13)10-3-4-20-8-10/h1-2,5,10-11,14,17H,3-4,6-8H2,(H,18,19). The molecular formula is C15H18ClNO3. The second-order valence-corrected chi connectivity index (χ2v) is 5.98. The summed E-state index contributed by atoms with van der Waals surface area (Å²) in [5.41, 5.74) is 2.21. The van der Waals surface area contributed by atoms with Gasteiger partial charge in [0.05, 0.1) is 12.5 Å². The Balaban J connectivity index is 1.75. The third-order valence-corrected chi connectivity index (χ3v) is 4.60. The fraction of sp³-hybridized carbons (Fsp3) is 0.533. The molecule has 1 aromatic rings. The number of carboxylic acids is 1. The van der Waals surface area contributed by atoms with E-state index in [2.05, 4.69) is 17.4 Å². The Morgan fingerprint density at radius 2 is 2.30 bits per heavy atom. The number of hydrogen-bond donors (Lipinski definition) is 2. The van der Waals surface area contributed by atoms with Crippen LogP contribution in [0, 0.1) is 5.92 Å². The Labute approximate surface area is 123 Å². The van der Waals surface area contributed by atoms with Gasteiger partial charge in [-0.05, 0) is 30.0 Å². The molecule has 2 heterocycles. The summed E-state index contributed by atoms with van der Waals surface area (Å²) in [6.45, 7) is 2.06. The Hall–Kier alpha value is -1.10. The van der Waals surface area contributed by atoms with E-state index in [1.165, 1.54) is 0 Å². The van der Waals surface area contributed by atoms with Crippen LogP contribution in [0.5, 0.6) is 0 Å². The quantitative estimate of drug-likeness (QED) is 0.900. The largest absolute Gasteiger partial charge is 0.481 e. The summed E-state index contributed by atoms with van der Waals surface area (Å²) < 4.78 is 5.40. The molecule has 3 rings (SSSR count). The van der Waals surface area contributed by atoms with E-state index in [0.717, 1.165) is 35.8 Å². The van der Waals surface area contributed by atoms with E-state index in [1.807, 2.05) is 6.07 Å². The van der Waals surface area contributed by atoms with Gasteiger partial charge in [-0.3, -0.25) is 4.79 Å². The molecule has 0 aliphatic carbocycles. The average molecular weight is 296 g/mol. The average Bonchev–Trinajstić information content (AvgIpc) is 3.10. The predicted molar refractivity (Wildman–Crippen MR) is 76.1 cm³/mol. The molecule has 2 aliphatic rings. The van der Waals surface area contributed by atoms with Crippen molar-refractivity contribution in [3.05, 3.63) is 34.3 Å². The molecule has 108 valence electrons. The van der Waals surface area contributed by atoms with E-state index in [-0.39, 0.29) is 12.0 Å². The van der Waals surface area contributed by atoms with Gasteiger partial charge in [-0.2, -0.15) is 0 Å². The van der Waals surface area contributed by atoms with E-state index >= 15 is 0 Å². The zero-order chi connectivity index (χ0) is 14.1. The van der Waals surface area contributed by atoms with Crippen molar-refractivity contribution < 1.29 is 14.6 Å². The molecular weight excluding hydrogens is 278 g/mol. The number of halogens is 1. The number of carboxylic acid groups (broad SMARTS) is 1. The lowest BCUT2D eigenvalue weighted by Gasteiger charge is -2.15. The van der Waals surface area contributed by atoms with Crippen molar-refractivity contribution in [3.8, 4) is 0 Å². The Bertz CT molecular complexity index is 514.